The number of anilines is 1. The number of ether oxygens (including phenoxy) is 1. The van der Waals surface area contributed by atoms with Gasteiger partial charge in [-0.2, -0.15) is 10.2 Å². The van der Waals surface area contributed by atoms with Gasteiger partial charge in [-0.15, -0.1) is 0 Å². The molecule has 1 aromatic carbocycles. The summed E-state index contributed by atoms with van der Waals surface area (Å²) in [6, 6.07) is 15.3. The molecule has 1 fully saturated rings. The Balaban J connectivity index is 1.50. The molecule has 0 bridgehead atoms. The van der Waals surface area contributed by atoms with Crippen molar-refractivity contribution in [2.24, 2.45) is 0 Å². The largest absolute Gasteiger partial charge is 0.486 e. The average molecular weight is 349 g/mol. The van der Waals surface area contributed by atoms with Gasteiger partial charge in [-0.1, -0.05) is 18.2 Å². The molecule has 0 amide bonds. The number of hydrogen-bond donors (Lipinski definition) is 0. The van der Waals surface area contributed by atoms with Crippen molar-refractivity contribution >= 4 is 5.88 Å². The molecule has 3 aromatic rings. The maximum atomic E-state index is 9.38. The van der Waals surface area contributed by atoms with Crippen LogP contribution in [0, 0.1) is 11.3 Å². The second-order valence-electron chi connectivity index (χ2n) is 6.20. The number of oxazole rings is 1. The van der Waals surface area contributed by atoms with Crippen molar-refractivity contribution in [2.45, 2.75) is 25.9 Å². The number of nitriles is 1. The number of para-hydroxylation sites is 1. The molecule has 3 heterocycles. The van der Waals surface area contributed by atoms with Gasteiger partial charge in [-0.3, -0.25) is 0 Å². The lowest BCUT2D eigenvalue weighted by atomic mass is 10.1. The van der Waals surface area contributed by atoms with E-state index in [9.17, 15) is 5.26 Å². The van der Waals surface area contributed by atoms with Gasteiger partial charge in [0, 0.05) is 13.1 Å². The highest BCUT2D eigenvalue weighted by Gasteiger charge is 2.23. The van der Waals surface area contributed by atoms with E-state index in [1.54, 1.807) is 6.07 Å². The van der Waals surface area contributed by atoms with Crippen molar-refractivity contribution in [2.75, 3.05) is 18.0 Å². The first kappa shape index (κ1) is 16.3. The Morgan fingerprint density at radius 3 is 2.62 bits per heavy atom. The van der Waals surface area contributed by atoms with Crippen molar-refractivity contribution in [1.82, 2.24) is 4.98 Å². The lowest BCUT2D eigenvalue weighted by molar-refractivity contribution is 0.271. The van der Waals surface area contributed by atoms with Crippen LogP contribution < -0.4 is 9.64 Å². The van der Waals surface area contributed by atoms with Gasteiger partial charge in [0.2, 0.25) is 11.6 Å². The van der Waals surface area contributed by atoms with E-state index in [0.717, 1.165) is 31.7 Å². The number of hydrogen-bond acceptors (Lipinski definition) is 6. The van der Waals surface area contributed by atoms with Crippen LogP contribution in [0.15, 0.2) is 51.3 Å². The van der Waals surface area contributed by atoms with Crippen LogP contribution >= 0.6 is 0 Å². The molecule has 0 aliphatic carbocycles. The van der Waals surface area contributed by atoms with Gasteiger partial charge < -0.3 is 18.5 Å². The van der Waals surface area contributed by atoms with Crippen molar-refractivity contribution in [3.05, 3.63) is 53.9 Å². The Morgan fingerprint density at radius 2 is 1.85 bits per heavy atom. The zero-order valence-electron chi connectivity index (χ0n) is 14.4. The molecule has 0 N–H and O–H groups in total. The van der Waals surface area contributed by atoms with Gasteiger partial charge in [0.25, 0.3) is 5.89 Å². The van der Waals surface area contributed by atoms with Crippen LogP contribution in [0.3, 0.4) is 0 Å². The number of rotatable bonds is 5. The maximum Gasteiger partial charge on any atom is 0.266 e. The van der Waals surface area contributed by atoms with Gasteiger partial charge in [-0.05, 0) is 43.5 Å². The Hall–Kier alpha value is -3.20. The zero-order valence-corrected chi connectivity index (χ0v) is 14.4. The molecule has 6 nitrogen and oxygen atoms in total. The van der Waals surface area contributed by atoms with Crippen LogP contribution in [-0.2, 0) is 6.61 Å². The molecule has 0 saturated carbocycles. The number of piperidine rings is 1. The minimum Gasteiger partial charge on any atom is -0.486 e. The zero-order chi connectivity index (χ0) is 17.8. The van der Waals surface area contributed by atoms with E-state index in [-0.39, 0.29) is 0 Å². The summed E-state index contributed by atoms with van der Waals surface area (Å²) in [6.45, 7) is 2.09. The lowest BCUT2D eigenvalue weighted by Crippen LogP contribution is -2.29. The first-order valence-electron chi connectivity index (χ1n) is 8.76. The summed E-state index contributed by atoms with van der Waals surface area (Å²) in [5.74, 6) is 2.81. The summed E-state index contributed by atoms with van der Waals surface area (Å²) in [5, 5.41) is 9.38. The van der Waals surface area contributed by atoms with Gasteiger partial charge in [0.05, 0.1) is 0 Å². The molecular formula is C20H19N3O3. The molecule has 1 aliphatic rings. The Labute approximate surface area is 151 Å². The van der Waals surface area contributed by atoms with Crippen LogP contribution in [0.4, 0.5) is 5.88 Å². The molecule has 26 heavy (non-hydrogen) atoms. The minimum absolute atomic E-state index is 0.306. The number of nitrogens with zero attached hydrogens (tertiary/aromatic N) is 3. The molecule has 0 atom stereocenters. The summed E-state index contributed by atoms with van der Waals surface area (Å²) >= 11 is 0. The van der Waals surface area contributed by atoms with Crippen LogP contribution in [-0.4, -0.2) is 18.1 Å². The monoisotopic (exact) mass is 349 g/mol. The second-order valence-corrected chi connectivity index (χ2v) is 6.20. The third kappa shape index (κ3) is 3.42. The van der Waals surface area contributed by atoms with Crippen molar-refractivity contribution in [1.29, 1.82) is 5.26 Å². The van der Waals surface area contributed by atoms with E-state index >= 15 is 0 Å². The topological polar surface area (TPSA) is 75.4 Å². The normalized spacial score (nSPS) is 14.2. The van der Waals surface area contributed by atoms with E-state index in [1.807, 2.05) is 36.4 Å². The Kier molecular flexibility index (Phi) is 4.61. The van der Waals surface area contributed by atoms with Crippen LogP contribution in [0.25, 0.3) is 11.7 Å². The van der Waals surface area contributed by atoms with E-state index in [0.29, 0.717) is 35.6 Å². The third-order valence-electron chi connectivity index (χ3n) is 4.36. The van der Waals surface area contributed by atoms with Gasteiger partial charge in [0.15, 0.2) is 5.76 Å². The van der Waals surface area contributed by atoms with Crippen molar-refractivity contribution in [3.8, 4) is 23.5 Å². The summed E-state index contributed by atoms with van der Waals surface area (Å²) in [6.07, 6.45) is 3.41. The number of benzene rings is 1. The van der Waals surface area contributed by atoms with E-state index in [2.05, 4.69) is 16.0 Å². The molecule has 2 aromatic heterocycles. The highest BCUT2D eigenvalue weighted by atomic mass is 16.5. The fourth-order valence-corrected chi connectivity index (χ4v) is 3.04. The molecule has 0 radical (unpaired) electrons. The number of aromatic nitrogens is 1. The average Bonchev–Trinajstić information content (AvgIpc) is 3.35. The predicted molar refractivity (Wildman–Crippen MR) is 95.8 cm³/mol. The second kappa shape index (κ2) is 7.36. The highest BCUT2D eigenvalue weighted by Crippen LogP contribution is 2.31. The quantitative estimate of drug-likeness (QED) is 0.680. The SMILES string of the molecule is N#Cc1nc(-c2ccc(COc3ccccc3)o2)oc1N1CCCCC1. The van der Waals surface area contributed by atoms with Gasteiger partial charge >= 0.3 is 0 Å². The van der Waals surface area contributed by atoms with E-state index in [4.69, 9.17) is 13.6 Å². The molecule has 1 saturated heterocycles. The predicted octanol–water partition coefficient (Wildman–Crippen LogP) is 4.38. The smallest absolute Gasteiger partial charge is 0.266 e. The fraction of sp³-hybridized carbons (Fsp3) is 0.300. The molecule has 4 rings (SSSR count). The van der Waals surface area contributed by atoms with Gasteiger partial charge in [0.1, 0.15) is 24.2 Å². The summed E-state index contributed by atoms with van der Waals surface area (Å²) in [5.41, 5.74) is 0.306. The molecular weight excluding hydrogens is 330 g/mol. The molecule has 132 valence electrons. The van der Waals surface area contributed by atoms with Crippen molar-refractivity contribution in [3.63, 3.8) is 0 Å². The molecule has 6 heteroatoms. The Morgan fingerprint density at radius 1 is 1.04 bits per heavy atom. The summed E-state index contributed by atoms with van der Waals surface area (Å²) < 4.78 is 17.3. The Bertz CT molecular complexity index is 902. The first-order valence-corrected chi connectivity index (χ1v) is 8.76. The van der Waals surface area contributed by atoms with E-state index < -0.39 is 0 Å². The highest BCUT2D eigenvalue weighted by molar-refractivity contribution is 5.56. The maximum absolute atomic E-state index is 9.38. The van der Waals surface area contributed by atoms with Crippen LogP contribution in [0.1, 0.15) is 30.7 Å². The summed E-state index contributed by atoms with van der Waals surface area (Å²) in [4.78, 5) is 6.39. The fourth-order valence-electron chi connectivity index (χ4n) is 3.04. The standard InChI is InChI=1S/C20H19N3O3/c21-13-17-20(23-11-5-2-6-12-23)26-19(22-17)18-10-9-16(25-18)14-24-15-7-3-1-4-8-15/h1,3-4,7-10H,2,5-6,11-12,14H2. The van der Waals surface area contributed by atoms with E-state index in [1.165, 1.54) is 6.42 Å². The molecule has 1 aliphatic heterocycles. The minimum atomic E-state index is 0.306. The number of furan rings is 1. The van der Waals surface area contributed by atoms with Crippen LogP contribution in [0.5, 0.6) is 5.75 Å². The van der Waals surface area contributed by atoms with Crippen molar-refractivity contribution < 1.29 is 13.6 Å². The molecule has 0 spiro atoms. The first-order chi connectivity index (χ1) is 12.8. The molecule has 0 unspecified atom stereocenters. The lowest BCUT2D eigenvalue weighted by Gasteiger charge is -2.25. The van der Waals surface area contributed by atoms with Gasteiger partial charge in [-0.25, -0.2) is 0 Å². The van der Waals surface area contributed by atoms with Crippen LogP contribution in [0.2, 0.25) is 0 Å². The third-order valence-corrected chi connectivity index (χ3v) is 4.36. The summed E-state index contributed by atoms with van der Waals surface area (Å²) in [7, 11) is 0.